The van der Waals surface area contributed by atoms with Crippen LogP contribution in [-0.4, -0.2) is 42.9 Å². The van der Waals surface area contributed by atoms with Crippen molar-refractivity contribution in [3.8, 4) is 0 Å². The van der Waals surface area contributed by atoms with E-state index in [1.807, 2.05) is 6.07 Å². The summed E-state index contributed by atoms with van der Waals surface area (Å²) >= 11 is 0. The van der Waals surface area contributed by atoms with E-state index in [2.05, 4.69) is 5.32 Å². The van der Waals surface area contributed by atoms with Gasteiger partial charge in [0.05, 0.1) is 12.6 Å². The van der Waals surface area contributed by atoms with E-state index >= 15 is 0 Å². The molecule has 6 heteroatoms. The van der Waals surface area contributed by atoms with Crippen LogP contribution in [0.15, 0.2) is 24.3 Å². The summed E-state index contributed by atoms with van der Waals surface area (Å²) in [5.74, 6) is -1.56. The molecule has 0 saturated carbocycles. The summed E-state index contributed by atoms with van der Waals surface area (Å²) in [7, 11) is 0. The minimum absolute atomic E-state index is 0.0125. The van der Waals surface area contributed by atoms with Gasteiger partial charge in [0.15, 0.2) is 0 Å². The first-order valence-corrected chi connectivity index (χ1v) is 6.64. The second-order valence-corrected chi connectivity index (χ2v) is 5.07. The molecule has 0 radical (unpaired) electrons. The van der Waals surface area contributed by atoms with E-state index in [1.54, 1.807) is 18.2 Å². The van der Waals surface area contributed by atoms with Crippen LogP contribution in [0.5, 0.6) is 0 Å². The van der Waals surface area contributed by atoms with Crippen molar-refractivity contribution in [1.29, 1.82) is 0 Å². The zero-order valence-electron chi connectivity index (χ0n) is 10.9. The average Bonchev–Trinajstić information content (AvgIpc) is 3.05. The predicted octanol–water partition coefficient (Wildman–Crippen LogP) is 1.17. The van der Waals surface area contributed by atoms with E-state index in [4.69, 9.17) is 4.74 Å². The van der Waals surface area contributed by atoms with Gasteiger partial charge in [0.2, 0.25) is 0 Å². The van der Waals surface area contributed by atoms with Crippen LogP contribution in [0.4, 0.5) is 10.5 Å². The molecule has 2 N–H and O–H groups in total. The van der Waals surface area contributed by atoms with Crippen LogP contribution in [0.25, 0.3) is 0 Å². The first kappa shape index (κ1) is 12.9. The van der Waals surface area contributed by atoms with Gasteiger partial charge in [0, 0.05) is 18.8 Å². The monoisotopic (exact) mass is 276 g/mol. The third kappa shape index (κ3) is 2.22. The molecule has 0 bridgehead atoms. The highest BCUT2D eigenvalue weighted by molar-refractivity contribution is 5.98. The van der Waals surface area contributed by atoms with E-state index in [1.165, 1.54) is 4.90 Å². The van der Waals surface area contributed by atoms with Gasteiger partial charge in [0.25, 0.3) is 0 Å². The Kier molecular flexibility index (Phi) is 3.31. The number of carbonyl (C=O) groups is 2. The highest BCUT2D eigenvalue weighted by Crippen LogP contribution is 2.36. The summed E-state index contributed by atoms with van der Waals surface area (Å²) in [5, 5.41) is 12.2. The topological polar surface area (TPSA) is 78.9 Å². The number of fused-ring (bicyclic) bond motifs is 1. The third-order valence-corrected chi connectivity index (χ3v) is 3.77. The number of benzene rings is 1. The van der Waals surface area contributed by atoms with Crippen LogP contribution in [0, 0.1) is 0 Å². The summed E-state index contributed by atoms with van der Waals surface area (Å²) in [5.41, 5.74) is 1.37. The van der Waals surface area contributed by atoms with Gasteiger partial charge in [-0.05, 0) is 18.1 Å². The zero-order chi connectivity index (χ0) is 14.1. The number of para-hydroxylation sites is 1. The molecule has 1 aromatic carbocycles. The molecule has 0 aromatic heterocycles. The van der Waals surface area contributed by atoms with E-state index in [-0.39, 0.29) is 18.6 Å². The van der Waals surface area contributed by atoms with Crippen molar-refractivity contribution in [3.05, 3.63) is 29.8 Å². The van der Waals surface area contributed by atoms with Crippen LogP contribution < -0.4 is 10.2 Å². The number of aliphatic carboxylic acids is 1. The Morgan fingerprint density at radius 3 is 2.85 bits per heavy atom. The van der Waals surface area contributed by atoms with Gasteiger partial charge < -0.3 is 15.2 Å². The Labute approximate surface area is 116 Å². The van der Waals surface area contributed by atoms with Crippen molar-refractivity contribution in [2.45, 2.75) is 18.4 Å². The molecule has 2 aliphatic rings. The van der Waals surface area contributed by atoms with E-state index < -0.39 is 11.9 Å². The maximum absolute atomic E-state index is 12.3. The number of amides is 2. The molecule has 1 fully saturated rings. The lowest BCUT2D eigenvalue weighted by atomic mass is 10.0. The number of carboxylic acids is 1. The molecule has 2 heterocycles. The molecule has 2 aliphatic heterocycles. The Morgan fingerprint density at radius 2 is 2.15 bits per heavy atom. The number of anilines is 1. The first-order chi connectivity index (χ1) is 9.66. The fraction of sp³-hybridized carbons (Fsp3) is 0.429. The smallest absolute Gasteiger partial charge is 0.322 e. The van der Waals surface area contributed by atoms with Crippen LogP contribution >= 0.6 is 0 Å². The van der Waals surface area contributed by atoms with Crippen LogP contribution in [-0.2, 0) is 9.53 Å². The maximum Gasteiger partial charge on any atom is 0.322 e. The summed E-state index contributed by atoms with van der Waals surface area (Å²) in [6, 6.07) is 6.90. The Hall–Kier alpha value is -2.08. The number of urea groups is 1. The normalized spacial score (nSPS) is 24.5. The third-order valence-electron chi connectivity index (χ3n) is 3.77. The van der Waals surface area contributed by atoms with E-state index in [0.29, 0.717) is 24.5 Å². The molecule has 2 unspecified atom stereocenters. The van der Waals surface area contributed by atoms with Gasteiger partial charge in [-0.25, -0.2) is 4.79 Å². The Bertz CT molecular complexity index is 540. The van der Waals surface area contributed by atoms with Crippen molar-refractivity contribution >= 4 is 17.7 Å². The number of nitrogens with one attached hydrogen (secondary N) is 1. The SMILES string of the molecule is O=C(O)C1CN(C(=O)NC2CCOC2)c2ccccc21. The fourth-order valence-electron chi connectivity index (χ4n) is 2.71. The fourth-order valence-corrected chi connectivity index (χ4v) is 2.71. The van der Waals surface area contributed by atoms with Gasteiger partial charge in [0.1, 0.15) is 5.92 Å². The summed E-state index contributed by atoms with van der Waals surface area (Å²) in [6.07, 6.45) is 0.795. The van der Waals surface area contributed by atoms with Crippen molar-refractivity contribution in [1.82, 2.24) is 5.32 Å². The quantitative estimate of drug-likeness (QED) is 0.850. The first-order valence-electron chi connectivity index (χ1n) is 6.64. The number of hydrogen-bond acceptors (Lipinski definition) is 3. The summed E-state index contributed by atoms with van der Waals surface area (Å²) < 4.78 is 5.22. The molecule has 1 saturated heterocycles. The van der Waals surface area contributed by atoms with Crippen molar-refractivity contribution in [2.24, 2.45) is 0 Å². The summed E-state index contributed by atoms with van der Waals surface area (Å²) in [6.45, 7) is 1.34. The number of hydrogen-bond donors (Lipinski definition) is 2. The number of ether oxygens (including phenoxy) is 1. The van der Waals surface area contributed by atoms with Crippen LogP contribution in [0.3, 0.4) is 0 Å². The Morgan fingerprint density at radius 1 is 1.35 bits per heavy atom. The molecule has 3 rings (SSSR count). The highest BCUT2D eigenvalue weighted by atomic mass is 16.5. The average molecular weight is 276 g/mol. The predicted molar refractivity (Wildman–Crippen MR) is 71.9 cm³/mol. The van der Waals surface area contributed by atoms with E-state index in [0.717, 1.165) is 6.42 Å². The van der Waals surface area contributed by atoms with Crippen molar-refractivity contribution < 1.29 is 19.4 Å². The van der Waals surface area contributed by atoms with Gasteiger partial charge in [-0.3, -0.25) is 9.69 Å². The van der Waals surface area contributed by atoms with Gasteiger partial charge >= 0.3 is 12.0 Å². The molecule has 0 spiro atoms. The van der Waals surface area contributed by atoms with E-state index in [9.17, 15) is 14.7 Å². The minimum atomic E-state index is -0.906. The van der Waals surface area contributed by atoms with Gasteiger partial charge in [-0.2, -0.15) is 0 Å². The number of carboxylic acid groups (broad SMARTS) is 1. The second-order valence-electron chi connectivity index (χ2n) is 5.07. The molecular weight excluding hydrogens is 260 g/mol. The lowest BCUT2D eigenvalue weighted by Gasteiger charge is -2.20. The summed E-state index contributed by atoms with van der Waals surface area (Å²) in [4.78, 5) is 25.1. The standard InChI is InChI=1S/C14H16N2O4/c17-13(18)11-7-16(12-4-2-1-3-10(11)12)14(19)15-9-5-6-20-8-9/h1-4,9,11H,5-8H2,(H,15,19)(H,17,18). The lowest BCUT2D eigenvalue weighted by molar-refractivity contribution is -0.138. The number of nitrogens with zero attached hydrogens (tertiary/aromatic N) is 1. The molecular formula is C14H16N2O4. The minimum Gasteiger partial charge on any atom is -0.481 e. The molecule has 1 aromatic rings. The lowest BCUT2D eigenvalue weighted by Crippen LogP contribution is -2.45. The molecule has 2 amide bonds. The molecule has 20 heavy (non-hydrogen) atoms. The van der Waals surface area contributed by atoms with Crippen LogP contribution in [0.2, 0.25) is 0 Å². The Balaban J connectivity index is 1.80. The van der Waals surface area contributed by atoms with Gasteiger partial charge in [-0.1, -0.05) is 18.2 Å². The highest BCUT2D eigenvalue weighted by Gasteiger charge is 2.37. The molecule has 6 nitrogen and oxygen atoms in total. The maximum atomic E-state index is 12.3. The van der Waals surface area contributed by atoms with Crippen molar-refractivity contribution in [2.75, 3.05) is 24.7 Å². The van der Waals surface area contributed by atoms with Crippen molar-refractivity contribution in [3.63, 3.8) is 0 Å². The number of carbonyl (C=O) groups excluding carboxylic acids is 1. The second kappa shape index (κ2) is 5.13. The molecule has 0 aliphatic carbocycles. The number of rotatable bonds is 2. The van der Waals surface area contributed by atoms with Crippen LogP contribution in [0.1, 0.15) is 17.9 Å². The van der Waals surface area contributed by atoms with Gasteiger partial charge in [-0.15, -0.1) is 0 Å². The largest absolute Gasteiger partial charge is 0.481 e. The zero-order valence-corrected chi connectivity index (χ0v) is 10.9. The molecule has 2 atom stereocenters. The molecule has 106 valence electrons.